The quantitative estimate of drug-likeness (QED) is 0.356. The van der Waals surface area contributed by atoms with Crippen molar-refractivity contribution in [3.05, 3.63) is 20.0 Å². The standard InChI is InChI=1S/2C2H5.Fe.H2N/c2*1-2;;/h2*1H2,2H3;;1H2/q2*-1;+3;-1. The molecule has 0 bridgehead atoms. The van der Waals surface area contributed by atoms with Crippen molar-refractivity contribution in [2.45, 2.75) is 13.8 Å². The Kier molecular flexibility index (Phi) is 2520. The maximum absolute atomic E-state index is 3.25. The molecule has 0 saturated heterocycles. The van der Waals surface area contributed by atoms with Gasteiger partial charge in [-0.25, -0.2) is 0 Å². The van der Waals surface area contributed by atoms with Gasteiger partial charge >= 0.3 is 17.1 Å². The molecule has 0 aromatic heterocycles. The third-order valence-corrected chi connectivity index (χ3v) is 0. The largest absolute Gasteiger partial charge is 3.00 e. The maximum Gasteiger partial charge on any atom is 3.00 e. The van der Waals surface area contributed by atoms with Crippen LogP contribution in [0.4, 0.5) is 0 Å². The van der Waals surface area contributed by atoms with Gasteiger partial charge in [-0.05, 0) is 0 Å². The van der Waals surface area contributed by atoms with E-state index in [-0.39, 0.29) is 23.2 Å². The van der Waals surface area contributed by atoms with Gasteiger partial charge in [0.05, 0.1) is 0 Å². The zero-order chi connectivity index (χ0) is 4.00. The first-order valence-corrected chi connectivity index (χ1v) is 1.41. The fourth-order valence-electron chi connectivity index (χ4n) is 0. The predicted molar refractivity (Wildman–Crippen MR) is 27.3 cm³/mol. The molecule has 0 aliphatic carbocycles. The smallest absolute Gasteiger partial charge is 0.693 e. The van der Waals surface area contributed by atoms with E-state index in [1.165, 1.54) is 0 Å². The molecule has 6 heavy (non-hydrogen) atoms. The molecule has 1 nitrogen and oxygen atoms in total. The number of hydrogen-bond acceptors (Lipinski definition) is 0. The second-order valence-corrected chi connectivity index (χ2v) is 0. The fraction of sp³-hybridized carbons (Fsp3) is 0.500. The first kappa shape index (κ1) is 31.6. The molecule has 0 spiro atoms. The normalized spacial score (nSPS) is 2.00. The van der Waals surface area contributed by atoms with Crippen molar-refractivity contribution in [3.63, 3.8) is 0 Å². The Balaban J connectivity index is -0.00000000500. The van der Waals surface area contributed by atoms with Gasteiger partial charge in [-0.15, -0.1) is 0 Å². The minimum absolute atomic E-state index is 0. The summed E-state index contributed by atoms with van der Waals surface area (Å²) >= 11 is 0. The Bertz CT molecular complexity index is 7.51. The van der Waals surface area contributed by atoms with Gasteiger partial charge in [-0.2, -0.15) is 13.8 Å². The van der Waals surface area contributed by atoms with Crippen LogP contribution in [-0.2, 0) is 17.1 Å². The SMILES string of the molecule is [CH2-]C.[CH2-]C.[Fe+3].[NH2-]. The zero-order valence-electron chi connectivity index (χ0n) is 4.35. The van der Waals surface area contributed by atoms with Crippen LogP contribution < -0.4 is 0 Å². The minimum atomic E-state index is 0. The molecule has 0 heterocycles. The summed E-state index contributed by atoms with van der Waals surface area (Å²) in [4.78, 5) is 0. The number of hydrogen-bond donors (Lipinski definition) is 0. The predicted octanol–water partition coefficient (Wildman–Crippen LogP) is 2.40. The minimum Gasteiger partial charge on any atom is -0.693 e. The Labute approximate surface area is 51.6 Å². The van der Waals surface area contributed by atoms with Crippen molar-refractivity contribution in [2.24, 2.45) is 0 Å². The van der Waals surface area contributed by atoms with Crippen LogP contribution in [0.25, 0.3) is 6.15 Å². The molecule has 0 saturated carbocycles. The summed E-state index contributed by atoms with van der Waals surface area (Å²) in [5.74, 6) is 0. The second-order valence-electron chi connectivity index (χ2n) is 0. The summed E-state index contributed by atoms with van der Waals surface area (Å²) in [6.07, 6.45) is 0. The third kappa shape index (κ3) is 236. The molecular formula is C4H12FeN. The van der Waals surface area contributed by atoms with Gasteiger partial charge < -0.3 is 20.0 Å². The van der Waals surface area contributed by atoms with Gasteiger partial charge in [0.2, 0.25) is 0 Å². The molecule has 0 aromatic rings. The van der Waals surface area contributed by atoms with Gasteiger partial charge in [0.15, 0.2) is 0 Å². The summed E-state index contributed by atoms with van der Waals surface area (Å²) in [5.41, 5.74) is 0. The van der Waals surface area contributed by atoms with Crippen LogP contribution in [0.1, 0.15) is 13.8 Å². The van der Waals surface area contributed by atoms with Crippen LogP contribution in [0, 0.1) is 13.8 Å². The van der Waals surface area contributed by atoms with Crippen LogP contribution in [0.2, 0.25) is 0 Å². The molecule has 1 radical (unpaired) electrons. The van der Waals surface area contributed by atoms with Crippen molar-refractivity contribution in [1.29, 1.82) is 0 Å². The van der Waals surface area contributed by atoms with E-state index in [4.69, 9.17) is 0 Å². The first-order valence-electron chi connectivity index (χ1n) is 1.41. The van der Waals surface area contributed by atoms with Crippen molar-refractivity contribution >= 4 is 0 Å². The molecule has 0 atom stereocenters. The van der Waals surface area contributed by atoms with E-state index in [0.29, 0.717) is 0 Å². The van der Waals surface area contributed by atoms with Gasteiger partial charge in [0.25, 0.3) is 0 Å². The molecule has 0 aromatic carbocycles. The zero-order valence-corrected chi connectivity index (χ0v) is 5.45. The van der Waals surface area contributed by atoms with Crippen LogP contribution in [0.15, 0.2) is 0 Å². The molecule has 0 aliphatic heterocycles. The number of rotatable bonds is 0. The molecule has 0 rings (SSSR count). The Morgan fingerprint density at radius 3 is 0.833 bits per heavy atom. The van der Waals surface area contributed by atoms with E-state index in [1.54, 1.807) is 13.8 Å². The van der Waals surface area contributed by atoms with Crippen molar-refractivity contribution < 1.29 is 17.1 Å². The van der Waals surface area contributed by atoms with E-state index in [2.05, 4.69) is 13.8 Å². The van der Waals surface area contributed by atoms with Crippen LogP contribution >= 0.6 is 0 Å². The summed E-state index contributed by atoms with van der Waals surface area (Å²) in [6.45, 7) is 10.0. The van der Waals surface area contributed by atoms with Gasteiger partial charge in [0.1, 0.15) is 0 Å². The molecule has 0 fully saturated rings. The van der Waals surface area contributed by atoms with E-state index in [1.807, 2.05) is 0 Å². The summed E-state index contributed by atoms with van der Waals surface area (Å²) in [5, 5.41) is 0. The molecule has 0 amide bonds. The Morgan fingerprint density at radius 1 is 0.833 bits per heavy atom. The van der Waals surface area contributed by atoms with Crippen LogP contribution in [0.5, 0.6) is 0 Å². The van der Waals surface area contributed by atoms with E-state index < -0.39 is 0 Å². The average molecular weight is 130 g/mol. The van der Waals surface area contributed by atoms with Crippen LogP contribution in [-0.4, -0.2) is 0 Å². The maximum atomic E-state index is 3.25. The first-order chi connectivity index (χ1) is 2.00. The van der Waals surface area contributed by atoms with Crippen molar-refractivity contribution in [2.75, 3.05) is 0 Å². The molecule has 2 N–H and O–H groups in total. The van der Waals surface area contributed by atoms with Gasteiger partial charge in [0, 0.05) is 0 Å². The molecular weight excluding hydrogens is 118 g/mol. The number of nitrogens with two attached hydrogens (primary N) is 1. The fourth-order valence-corrected chi connectivity index (χ4v) is 0. The molecule has 41 valence electrons. The van der Waals surface area contributed by atoms with Gasteiger partial charge in [-0.1, -0.05) is 0 Å². The molecule has 0 unspecified atom stereocenters. The second kappa shape index (κ2) is 478. The summed E-state index contributed by atoms with van der Waals surface area (Å²) in [6, 6.07) is 0. The average Bonchev–Trinajstić information content (AvgIpc) is 1.50. The van der Waals surface area contributed by atoms with Crippen LogP contribution in [0.3, 0.4) is 0 Å². The summed E-state index contributed by atoms with van der Waals surface area (Å²) in [7, 11) is 0. The molecule has 0 aliphatic rings. The Morgan fingerprint density at radius 2 is 0.833 bits per heavy atom. The van der Waals surface area contributed by atoms with Crippen molar-refractivity contribution in [3.8, 4) is 0 Å². The monoisotopic (exact) mass is 130 g/mol. The van der Waals surface area contributed by atoms with E-state index in [9.17, 15) is 0 Å². The van der Waals surface area contributed by atoms with Gasteiger partial charge in [-0.3, -0.25) is 0 Å². The Hall–Kier alpha value is 0.479. The van der Waals surface area contributed by atoms with E-state index >= 15 is 0 Å². The van der Waals surface area contributed by atoms with E-state index in [0.717, 1.165) is 0 Å². The topological polar surface area (TPSA) is 33.5 Å². The third-order valence-electron chi connectivity index (χ3n) is 0. The summed E-state index contributed by atoms with van der Waals surface area (Å²) < 4.78 is 0. The molecule has 2 heteroatoms. The van der Waals surface area contributed by atoms with Crippen molar-refractivity contribution in [1.82, 2.24) is 0 Å².